The van der Waals surface area contributed by atoms with Gasteiger partial charge in [0.25, 0.3) is 0 Å². The fourth-order valence-corrected chi connectivity index (χ4v) is 1.83. The number of phenolic OH excluding ortho intramolecular Hbond substituents is 1. The second-order valence-corrected chi connectivity index (χ2v) is 4.26. The molecule has 0 heterocycles. The third-order valence-electron chi connectivity index (χ3n) is 2.92. The Morgan fingerprint density at radius 1 is 1.11 bits per heavy atom. The molecule has 3 N–H and O–H groups in total. The SMILES string of the molecule is NCC(COc1ccc(O)cc1)c1ccccc1F. The number of phenols is 1. The predicted octanol–water partition coefficient (Wildman–Crippen LogP) is 2.65. The maximum Gasteiger partial charge on any atom is 0.126 e. The van der Waals surface area contributed by atoms with Crippen molar-refractivity contribution in [2.24, 2.45) is 5.73 Å². The van der Waals surface area contributed by atoms with Gasteiger partial charge in [0, 0.05) is 12.5 Å². The molecule has 4 heteroatoms. The van der Waals surface area contributed by atoms with Gasteiger partial charge in [0.1, 0.15) is 17.3 Å². The summed E-state index contributed by atoms with van der Waals surface area (Å²) in [5.74, 6) is 0.326. The van der Waals surface area contributed by atoms with Crippen molar-refractivity contribution in [1.29, 1.82) is 0 Å². The summed E-state index contributed by atoms with van der Waals surface area (Å²) in [4.78, 5) is 0. The molecule has 0 aliphatic rings. The van der Waals surface area contributed by atoms with Crippen molar-refractivity contribution in [1.82, 2.24) is 0 Å². The Kier molecular flexibility index (Phi) is 4.36. The van der Waals surface area contributed by atoms with Crippen molar-refractivity contribution < 1.29 is 14.2 Å². The van der Waals surface area contributed by atoms with Crippen molar-refractivity contribution in [3.8, 4) is 11.5 Å². The van der Waals surface area contributed by atoms with Gasteiger partial charge in [-0.3, -0.25) is 0 Å². The number of benzene rings is 2. The van der Waals surface area contributed by atoms with Gasteiger partial charge in [-0.2, -0.15) is 0 Å². The van der Waals surface area contributed by atoms with Crippen molar-refractivity contribution in [2.45, 2.75) is 5.92 Å². The highest BCUT2D eigenvalue weighted by Gasteiger charge is 2.14. The van der Waals surface area contributed by atoms with Crippen LogP contribution in [0.1, 0.15) is 11.5 Å². The van der Waals surface area contributed by atoms with Gasteiger partial charge in [-0.1, -0.05) is 18.2 Å². The van der Waals surface area contributed by atoms with Crippen LogP contribution in [0.5, 0.6) is 11.5 Å². The summed E-state index contributed by atoms with van der Waals surface area (Å²) in [6.45, 7) is 0.598. The Hall–Kier alpha value is -2.07. The fraction of sp³-hybridized carbons (Fsp3) is 0.200. The molecule has 0 aromatic heterocycles. The number of hydrogen-bond donors (Lipinski definition) is 2. The molecule has 0 fully saturated rings. The van der Waals surface area contributed by atoms with Gasteiger partial charge in [-0.25, -0.2) is 4.39 Å². The minimum Gasteiger partial charge on any atom is -0.508 e. The van der Waals surface area contributed by atoms with Crippen LogP contribution < -0.4 is 10.5 Å². The van der Waals surface area contributed by atoms with Crippen LogP contribution in [-0.4, -0.2) is 18.3 Å². The third kappa shape index (κ3) is 3.45. The summed E-state index contributed by atoms with van der Waals surface area (Å²) in [5, 5.41) is 9.17. The first-order chi connectivity index (χ1) is 9.20. The Bertz CT molecular complexity index is 528. The normalized spacial score (nSPS) is 12.1. The molecule has 0 amide bonds. The van der Waals surface area contributed by atoms with Gasteiger partial charge in [-0.15, -0.1) is 0 Å². The third-order valence-corrected chi connectivity index (χ3v) is 2.92. The summed E-state index contributed by atoms with van der Waals surface area (Å²) in [7, 11) is 0. The number of nitrogens with two attached hydrogens (primary N) is 1. The predicted molar refractivity (Wildman–Crippen MR) is 71.8 cm³/mol. The second-order valence-electron chi connectivity index (χ2n) is 4.26. The van der Waals surface area contributed by atoms with Crippen LogP contribution in [0.2, 0.25) is 0 Å². The number of aromatic hydroxyl groups is 1. The van der Waals surface area contributed by atoms with E-state index >= 15 is 0 Å². The van der Waals surface area contributed by atoms with Gasteiger partial charge in [0.15, 0.2) is 0 Å². The molecule has 0 aliphatic carbocycles. The van der Waals surface area contributed by atoms with Gasteiger partial charge in [-0.05, 0) is 35.9 Å². The first-order valence-electron chi connectivity index (χ1n) is 6.07. The van der Waals surface area contributed by atoms with Crippen molar-refractivity contribution in [2.75, 3.05) is 13.2 Å². The van der Waals surface area contributed by atoms with Gasteiger partial charge < -0.3 is 15.6 Å². The van der Waals surface area contributed by atoms with Crippen LogP contribution >= 0.6 is 0 Å². The molecule has 1 unspecified atom stereocenters. The Morgan fingerprint density at radius 3 is 2.42 bits per heavy atom. The summed E-state index contributed by atoms with van der Waals surface area (Å²) in [5.41, 5.74) is 6.23. The van der Waals surface area contributed by atoms with E-state index in [0.29, 0.717) is 24.5 Å². The smallest absolute Gasteiger partial charge is 0.126 e. The van der Waals surface area contributed by atoms with E-state index in [1.807, 2.05) is 0 Å². The Labute approximate surface area is 111 Å². The van der Waals surface area contributed by atoms with Crippen molar-refractivity contribution in [3.63, 3.8) is 0 Å². The van der Waals surface area contributed by atoms with Crippen LogP contribution in [0.25, 0.3) is 0 Å². The minimum atomic E-state index is -0.271. The zero-order chi connectivity index (χ0) is 13.7. The summed E-state index contributed by atoms with van der Waals surface area (Å²) < 4.78 is 19.2. The molecule has 2 rings (SSSR count). The molecule has 1 atom stereocenters. The van der Waals surface area contributed by atoms with Crippen molar-refractivity contribution in [3.05, 3.63) is 59.9 Å². The second kappa shape index (κ2) is 6.20. The van der Waals surface area contributed by atoms with Crippen LogP contribution in [0.15, 0.2) is 48.5 Å². The lowest BCUT2D eigenvalue weighted by Gasteiger charge is -2.17. The monoisotopic (exact) mass is 261 g/mol. The van der Waals surface area contributed by atoms with E-state index in [-0.39, 0.29) is 17.5 Å². The highest BCUT2D eigenvalue weighted by atomic mass is 19.1. The largest absolute Gasteiger partial charge is 0.508 e. The summed E-state index contributed by atoms with van der Waals surface area (Å²) >= 11 is 0. The number of halogens is 1. The molecule has 3 nitrogen and oxygen atoms in total. The van der Waals surface area contributed by atoms with E-state index in [0.717, 1.165) is 0 Å². The number of ether oxygens (including phenoxy) is 1. The quantitative estimate of drug-likeness (QED) is 0.870. The van der Waals surface area contributed by atoms with Crippen LogP contribution in [0.4, 0.5) is 4.39 Å². The van der Waals surface area contributed by atoms with E-state index in [1.165, 1.54) is 18.2 Å². The van der Waals surface area contributed by atoms with Crippen LogP contribution in [0, 0.1) is 5.82 Å². The van der Waals surface area contributed by atoms with E-state index in [2.05, 4.69) is 0 Å². The van der Waals surface area contributed by atoms with Gasteiger partial charge >= 0.3 is 0 Å². The van der Waals surface area contributed by atoms with Crippen LogP contribution in [0.3, 0.4) is 0 Å². The van der Waals surface area contributed by atoms with Crippen molar-refractivity contribution >= 4 is 0 Å². The number of rotatable bonds is 5. The fourth-order valence-electron chi connectivity index (χ4n) is 1.83. The average molecular weight is 261 g/mol. The standard InChI is InChI=1S/C15H16FNO2/c16-15-4-2-1-3-14(15)11(9-17)10-19-13-7-5-12(18)6-8-13/h1-8,11,18H,9-10,17H2. The van der Waals surface area contributed by atoms with E-state index in [9.17, 15) is 4.39 Å². The zero-order valence-corrected chi connectivity index (χ0v) is 10.4. The Morgan fingerprint density at radius 2 is 1.79 bits per heavy atom. The maximum atomic E-state index is 13.7. The molecule has 2 aromatic rings. The molecule has 2 aromatic carbocycles. The molecule has 0 aliphatic heterocycles. The topological polar surface area (TPSA) is 55.5 Å². The lowest BCUT2D eigenvalue weighted by Crippen LogP contribution is -2.20. The molecule has 0 spiro atoms. The molecular formula is C15H16FNO2. The molecule has 0 saturated heterocycles. The van der Waals surface area contributed by atoms with Crippen LogP contribution in [-0.2, 0) is 0 Å². The van der Waals surface area contributed by atoms with E-state index < -0.39 is 0 Å². The van der Waals surface area contributed by atoms with Gasteiger partial charge in [0.2, 0.25) is 0 Å². The average Bonchev–Trinajstić information content (AvgIpc) is 2.43. The molecule has 0 saturated carbocycles. The summed E-state index contributed by atoms with van der Waals surface area (Å²) in [6.07, 6.45) is 0. The van der Waals surface area contributed by atoms with E-state index in [4.69, 9.17) is 15.6 Å². The molecule has 0 bridgehead atoms. The molecule has 100 valence electrons. The molecular weight excluding hydrogens is 245 g/mol. The first kappa shape index (κ1) is 13.4. The lowest BCUT2D eigenvalue weighted by atomic mass is 10.00. The maximum absolute atomic E-state index is 13.7. The first-order valence-corrected chi connectivity index (χ1v) is 6.07. The Balaban J connectivity index is 2.04. The molecule has 19 heavy (non-hydrogen) atoms. The lowest BCUT2D eigenvalue weighted by molar-refractivity contribution is 0.287. The summed E-state index contributed by atoms with van der Waals surface area (Å²) in [6, 6.07) is 12.9. The van der Waals surface area contributed by atoms with E-state index in [1.54, 1.807) is 30.3 Å². The zero-order valence-electron chi connectivity index (χ0n) is 10.4. The number of hydrogen-bond acceptors (Lipinski definition) is 3. The minimum absolute atomic E-state index is 0.178. The highest BCUT2D eigenvalue weighted by molar-refractivity contribution is 5.30. The highest BCUT2D eigenvalue weighted by Crippen LogP contribution is 2.21. The molecule has 0 radical (unpaired) electrons. The van der Waals surface area contributed by atoms with Gasteiger partial charge in [0.05, 0.1) is 6.61 Å².